The molecule has 0 aromatic heterocycles. The fourth-order valence-electron chi connectivity index (χ4n) is 4.79. The number of carbonyl (C=O) groups excluding carboxylic acids is 2. The van der Waals surface area contributed by atoms with Gasteiger partial charge in [0.25, 0.3) is 0 Å². The lowest BCUT2D eigenvalue weighted by Crippen LogP contribution is -2.56. The average molecular weight is 466 g/mol. The van der Waals surface area contributed by atoms with Crippen LogP contribution in [0, 0.1) is 5.92 Å². The first-order valence-electron chi connectivity index (χ1n) is 11.7. The highest BCUT2D eigenvalue weighted by Crippen LogP contribution is 2.44. The number of alkyl carbamates (subject to hydrolysis) is 1. The highest BCUT2D eigenvalue weighted by molar-refractivity contribution is 5.86. The number of ether oxygens (including phenoxy) is 1. The Morgan fingerprint density at radius 3 is 2.06 bits per heavy atom. The molecular formula is C26H31N3O5. The molecule has 180 valence electrons. The van der Waals surface area contributed by atoms with Gasteiger partial charge in [0.15, 0.2) is 0 Å². The molecular weight excluding hydrogens is 434 g/mol. The molecule has 1 heterocycles. The molecule has 1 saturated heterocycles. The van der Waals surface area contributed by atoms with Crippen LogP contribution in [-0.4, -0.2) is 78.2 Å². The van der Waals surface area contributed by atoms with Gasteiger partial charge in [-0.15, -0.1) is 0 Å². The maximum absolute atomic E-state index is 13.1. The molecule has 1 aliphatic heterocycles. The molecule has 8 nitrogen and oxygen atoms in total. The third kappa shape index (κ3) is 5.07. The van der Waals surface area contributed by atoms with Crippen LogP contribution in [0.5, 0.6) is 0 Å². The van der Waals surface area contributed by atoms with Crippen LogP contribution in [0.1, 0.15) is 30.9 Å². The first-order chi connectivity index (χ1) is 16.3. The van der Waals surface area contributed by atoms with Crippen molar-refractivity contribution in [2.24, 2.45) is 5.92 Å². The van der Waals surface area contributed by atoms with E-state index in [0.29, 0.717) is 26.2 Å². The van der Waals surface area contributed by atoms with Crippen LogP contribution in [-0.2, 0) is 14.3 Å². The van der Waals surface area contributed by atoms with Gasteiger partial charge in [-0.05, 0) is 28.2 Å². The number of benzene rings is 2. The minimum atomic E-state index is -0.878. The molecule has 2 N–H and O–H groups in total. The van der Waals surface area contributed by atoms with Crippen LogP contribution in [0.2, 0.25) is 0 Å². The SMILES string of the molecule is CC(C)C(NC(=O)OCC1c2ccccc2-c2ccccc21)C(=O)N1CCN(CC(=O)O)CC1. The number of carbonyl (C=O) groups is 3. The molecule has 0 saturated carbocycles. The molecule has 8 heteroatoms. The van der Waals surface area contributed by atoms with Gasteiger partial charge in [0, 0.05) is 32.1 Å². The van der Waals surface area contributed by atoms with E-state index in [2.05, 4.69) is 29.6 Å². The van der Waals surface area contributed by atoms with Crippen LogP contribution in [0.15, 0.2) is 48.5 Å². The van der Waals surface area contributed by atoms with E-state index in [4.69, 9.17) is 9.84 Å². The van der Waals surface area contributed by atoms with Crippen LogP contribution in [0.4, 0.5) is 4.79 Å². The third-order valence-electron chi connectivity index (χ3n) is 6.59. The smallest absolute Gasteiger partial charge is 0.407 e. The van der Waals surface area contributed by atoms with Crippen LogP contribution >= 0.6 is 0 Å². The first-order valence-corrected chi connectivity index (χ1v) is 11.7. The van der Waals surface area contributed by atoms with Crippen LogP contribution in [0.25, 0.3) is 11.1 Å². The number of nitrogens with one attached hydrogen (secondary N) is 1. The second kappa shape index (κ2) is 10.3. The molecule has 0 bridgehead atoms. The van der Waals surface area contributed by atoms with Crippen LogP contribution in [0.3, 0.4) is 0 Å². The summed E-state index contributed by atoms with van der Waals surface area (Å²) in [7, 11) is 0. The Morgan fingerprint density at radius 1 is 0.971 bits per heavy atom. The number of fused-ring (bicyclic) bond motifs is 3. The summed E-state index contributed by atoms with van der Waals surface area (Å²) in [4.78, 5) is 40.2. The molecule has 1 atom stereocenters. The molecule has 2 amide bonds. The third-order valence-corrected chi connectivity index (χ3v) is 6.59. The van der Waals surface area contributed by atoms with E-state index in [1.165, 1.54) is 0 Å². The van der Waals surface area contributed by atoms with E-state index in [-0.39, 0.29) is 30.9 Å². The Hall–Kier alpha value is -3.39. The number of carboxylic acid groups (broad SMARTS) is 1. The van der Waals surface area contributed by atoms with Crippen molar-refractivity contribution in [2.75, 3.05) is 39.3 Å². The topological polar surface area (TPSA) is 99.2 Å². The molecule has 34 heavy (non-hydrogen) atoms. The van der Waals surface area contributed by atoms with Crippen molar-refractivity contribution >= 4 is 18.0 Å². The molecule has 4 rings (SSSR count). The lowest BCUT2D eigenvalue weighted by molar-refractivity contribution is -0.140. The molecule has 1 aliphatic carbocycles. The van der Waals surface area contributed by atoms with Gasteiger partial charge in [-0.25, -0.2) is 4.79 Å². The number of nitrogens with zero attached hydrogens (tertiary/aromatic N) is 2. The zero-order chi connectivity index (χ0) is 24.2. The summed E-state index contributed by atoms with van der Waals surface area (Å²) in [5.41, 5.74) is 4.58. The van der Waals surface area contributed by atoms with Gasteiger partial charge in [-0.2, -0.15) is 0 Å². The monoisotopic (exact) mass is 465 g/mol. The lowest BCUT2D eigenvalue weighted by atomic mass is 9.98. The zero-order valence-electron chi connectivity index (χ0n) is 19.6. The van der Waals surface area contributed by atoms with E-state index in [1.807, 2.05) is 38.1 Å². The summed E-state index contributed by atoms with van der Waals surface area (Å²) in [6.45, 7) is 5.77. The van der Waals surface area contributed by atoms with E-state index >= 15 is 0 Å². The minimum absolute atomic E-state index is 0.0341. The number of amides is 2. The molecule has 1 unspecified atom stereocenters. The number of aliphatic carboxylic acids is 1. The number of carboxylic acids is 1. The fraction of sp³-hybridized carbons (Fsp3) is 0.423. The fourth-order valence-corrected chi connectivity index (χ4v) is 4.79. The Bertz CT molecular complexity index is 1020. The van der Waals surface area contributed by atoms with Crippen molar-refractivity contribution in [3.8, 4) is 11.1 Å². The first kappa shape index (κ1) is 23.8. The summed E-state index contributed by atoms with van der Waals surface area (Å²) in [5, 5.41) is 11.7. The Kier molecular flexibility index (Phi) is 7.17. The van der Waals surface area contributed by atoms with Gasteiger partial charge in [0.2, 0.25) is 5.91 Å². The molecule has 2 aliphatic rings. The normalized spacial score (nSPS) is 16.6. The van der Waals surface area contributed by atoms with Crippen LogP contribution < -0.4 is 5.32 Å². The van der Waals surface area contributed by atoms with Crippen molar-refractivity contribution in [2.45, 2.75) is 25.8 Å². The predicted molar refractivity (Wildman–Crippen MR) is 127 cm³/mol. The Morgan fingerprint density at radius 2 is 1.53 bits per heavy atom. The summed E-state index contributed by atoms with van der Waals surface area (Å²) >= 11 is 0. The van der Waals surface area contributed by atoms with E-state index < -0.39 is 18.1 Å². The minimum Gasteiger partial charge on any atom is -0.480 e. The van der Waals surface area contributed by atoms with Crippen molar-refractivity contribution in [3.05, 3.63) is 59.7 Å². The molecule has 1 fully saturated rings. The van der Waals surface area contributed by atoms with E-state index in [1.54, 1.807) is 9.80 Å². The molecule has 2 aromatic carbocycles. The number of hydrogen-bond acceptors (Lipinski definition) is 5. The zero-order valence-corrected chi connectivity index (χ0v) is 19.6. The molecule has 0 spiro atoms. The maximum Gasteiger partial charge on any atom is 0.407 e. The van der Waals surface area contributed by atoms with Gasteiger partial charge < -0.3 is 20.1 Å². The van der Waals surface area contributed by atoms with Crippen molar-refractivity contribution in [1.82, 2.24) is 15.1 Å². The van der Waals surface area contributed by atoms with Crippen molar-refractivity contribution < 1.29 is 24.2 Å². The van der Waals surface area contributed by atoms with Gasteiger partial charge in [-0.1, -0.05) is 62.4 Å². The highest BCUT2D eigenvalue weighted by atomic mass is 16.5. The lowest BCUT2D eigenvalue weighted by Gasteiger charge is -2.36. The quantitative estimate of drug-likeness (QED) is 0.653. The summed E-state index contributed by atoms with van der Waals surface area (Å²) in [5.74, 6) is -1.21. The Labute approximate surface area is 199 Å². The van der Waals surface area contributed by atoms with Gasteiger partial charge in [0.1, 0.15) is 12.6 Å². The number of hydrogen-bond donors (Lipinski definition) is 2. The summed E-state index contributed by atoms with van der Waals surface area (Å²) < 4.78 is 5.62. The number of piperazine rings is 1. The largest absolute Gasteiger partial charge is 0.480 e. The average Bonchev–Trinajstić information content (AvgIpc) is 3.14. The second-order valence-corrected chi connectivity index (χ2v) is 9.19. The second-order valence-electron chi connectivity index (χ2n) is 9.19. The maximum atomic E-state index is 13.1. The Balaban J connectivity index is 1.36. The van der Waals surface area contributed by atoms with E-state index in [9.17, 15) is 14.4 Å². The summed E-state index contributed by atoms with van der Waals surface area (Å²) in [6, 6.07) is 15.6. The number of rotatable bonds is 7. The van der Waals surface area contributed by atoms with E-state index in [0.717, 1.165) is 22.3 Å². The van der Waals surface area contributed by atoms with Gasteiger partial charge in [0.05, 0.1) is 6.54 Å². The molecule has 0 radical (unpaired) electrons. The highest BCUT2D eigenvalue weighted by Gasteiger charge is 2.33. The summed E-state index contributed by atoms with van der Waals surface area (Å²) in [6.07, 6.45) is -0.613. The standard InChI is InChI=1S/C26H31N3O5/c1-17(2)24(25(32)29-13-11-28(12-14-29)15-23(30)31)27-26(33)34-16-22-20-9-5-3-7-18(20)19-8-4-6-10-21(19)22/h3-10,17,22,24H,11-16H2,1-2H3,(H,27,33)(H,30,31). The van der Waals surface area contributed by atoms with Gasteiger partial charge >= 0.3 is 12.1 Å². The van der Waals surface area contributed by atoms with Crippen molar-refractivity contribution in [1.29, 1.82) is 0 Å². The molecule has 2 aromatic rings. The van der Waals surface area contributed by atoms with Crippen molar-refractivity contribution in [3.63, 3.8) is 0 Å². The van der Waals surface area contributed by atoms with Gasteiger partial charge in [-0.3, -0.25) is 14.5 Å². The predicted octanol–water partition coefficient (Wildman–Crippen LogP) is 2.78.